The number of rotatable bonds is 0. The number of carbonyl (C=O) groups excluding carboxylic acids is 1. The fraction of sp³-hybridized carbons (Fsp3) is 0.455. The first-order chi connectivity index (χ1) is 14.0. The molecular formula is C22H26N6O. The maximum atomic E-state index is 13.0. The number of aryl methyl sites for hydroxylation is 1. The summed E-state index contributed by atoms with van der Waals surface area (Å²) in [6, 6.07) is 6.51. The lowest BCUT2D eigenvalue weighted by atomic mass is 9.93. The Balaban J connectivity index is 1.66. The molecule has 3 aromatic rings. The van der Waals surface area contributed by atoms with Crippen LogP contribution in [0.5, 0.6) is 0 Å². The molecule has 0 unspecified atom stereocenters. The van der Waals surface area contributed by atoms with E-state index < -0.39 is 0 Å². The molecule has 1 amide bonds. The van der Waals surface area contributed by atoms with E-state index in [0.717, 1.165) is 50.2 Å². The molecule has 0 aromatic carbocycles. The van der Waals surface area contributed by atoms with Gasteiger partial charge in [-0.2, -0.15) is 5.10 Å². The first kappa shape index (κ1) is 18.1. The van der Waals surface area contributed by atoms with Crippen molar-refractivity contribution in [1.82, 2.24) is 24.9 Å². The Morgan fingerprint density at radius 1 is 1.24 bits per heavy atom. The van der Waals surface area contributed by atoms with Crippen LogP contribution in [0.25, 0.3) is 5.65 Å². The molecule has 0 radical (unpaired) electrons. The SMILES string of the molecule is CC1(C)CCCc2ncccc2[C@H]2CCCN2c2ccn3ncc(c3n2)C(=O)N1. The van der Waals surface area contributed by atoms with E-state index in [1.807, 2.05) is 24.5 Å². The molecule has 29 heavy (non-hydrogen) atoms. The van der Waals surface area contributed by atoms with Gasteiger partial charge in [0.15, 0.2) is 5.65 Å². The largest absolute Gasteiger partial charge is 0.349 e. The van der Waals surface area contributed by atoms with Gasteiger partial charge in [-0.1, -0.05) is 6.07 Å². The molecule has 7 nitrogen and oxygen atoms in total. The summed E-state index contributed by atoms with van der Waals surface area (Å²) >= 11 is 0. The highest BCUT2D eigenvalue weighted by Crippen LogP contribution is 2.37. The molecule has 150 valence electrons. The van der Waals surface area contributed by atoms with E-state index in [0.29, 0.717) is 11.2 Å². The van der Waals surface area contributed by atoms with Gasteiger partial charge in [-0.15, -0.1) is 0 Å². The van der Waals surface area contributed by atoms with Gasteiger partial charge in [-0.25, -0.2) is 9.50 Å². The number of aromatic nitrogens is 4. The third-order valence-corrected chi connectivity index (χ3v) is 6.10. The summed E-state index contributed by atoms with van der Waals surface area (Å²) in [5.41, 5.74) is 3.27. The Labute approximate surface area is 170 Å². The minimum atomic E-state index is -0.318. The molecule has 1 fully saturated rings. The number of nitrogens with zero attached hydrogens (tertiary/aromatic N) is 5. The Morgan fingerprint density at radius 3 is 3.03 bits per heavy atom. The van der Waals surface area contributed by atoms with Crippen LogP contribution in [-0.4, -0.2) is 37.6 Å². The zero-order chi connectivity index (χ0) is 20.0. The second-order valence-electron chi connectivity index (χ2n) is 8.69. The lowest BCUT2D eigenvalue weighted by Gasteiger charge is -2.29. The second kappa shape index (κ2) is 6.83. The standard InChI is InChI=1S/C22H26N6O/c1-22(2)10-3-7-17-15(6-4-11-23-17)18-8-5-12-27(18)19-9-13-28-20(25-19)16(14-24-28)21(29)26-22/h4,6,9,11,13-14,18H,3,5,7-8,10,12H2,1-2H3,(H,26,29)/t18-/m1/s1. The minimum Gasteiger partial charge on any atom is -0.349 e. The molecule has 1 atom stereocenters. The Kier molecular flexibility index (Phi) is 4.26. The molecule has 1 N–H and O–H groups in total. The molecule has 5 heterocycles. The predicted octanol–water partition coefficient (Wildman–Crippen LogP) is 3.31. The molecule has 3 aromatic heterocycles. The normalized spacial score (nSPS) is 21.5. The third kappa shape index (κ3) is 3.24. The number of carbonyl (C=O) groups is 1. The van der Waals surface area contributed by atoms with Gasteiger partial charge in [0, 0.05) is 30.2 Å². The Morgan fingerprint density at radius 2 is 2.14 bits per heavy atom. The van der Waals surface area contributed by atoms with E-state index in [1.165, 1.54) is 5.56 Å². The smallest absolute Gasteiger partial charge is 0.257 e. The first-order valence-electron chi connectivity index (χ1n) is 10.4. The summed E-state index contributed by atoms with van der Waals surface area (Å²) in [6.45, 7) is 5.09. The minimum absolute atomic E-state index is 0.122. The maximum Gasteiger partial charge on any atom is 0.257 e. The van der Waals surface area contributed by atoms with Crippen LogP contribution >= 0.6 is 0 Å². The molecule has 5 rings (SSSR count). The highest BCUT2D eigenvalue weighted by atomic mass is 16.1. The van der Waals surface area contributed by atoms with Crippen molar-refractivity contribution in [1.29, 1.82) is 0 Å². The average Bonchev–Trinajstić information content (AvgIpc) is 3.34. The lowest BCUT2D eigenvalue weighted by Crippen LogP contribution is -2.43. The molecule has 0 saturated carbocycles. The van der Waals surface area contributed by atoms with Crippen LogP contribution in [0.3, 0.4) is 0 Å². The van der Waals surface area contributed by atoms with Gasteiger partial charge in [0.05, 0.1) is 12.2 Å². The van der Waals surface area contributed by atoms with Crippen molar-refractivity contribution < 1.29 is 4.79 Å². The van der Waals surface area contributed by atoms with Crippen molar-refractivity contribution in [2.45, 2.75) is 57.5 Å². The topological polar surface area (TPSA) is 75.4 Å². The number of hydrogen-bond acceptors (Lipinski definition) is 5. The number of pyridine rings is 1. The highest BCUT2D eigenvalue weighted by molar-refractivity contribution is 6.00. The highest BCUT2D eigenvalue weighted by Gasteiger charge is 2.31. The van der Waals surface area contributed by atoms with Crippen molar-refractivity contribution in [2.75, 3.05) is 11.4 Å². The van der Waals surface area contributed by atoms with E-state index >= 15 is 0 Å². The van der Waals surface area contributed by atoms with Gasteiger partial charge >= 0.3 is 0 Å². The zero-order valence-electron chi connectivity index (χ0n) is 16.9. The maximum absolute atomic E-state index is 13.0. The third-order valence-electron chi connectivity index (χ3n) is 6.10. The fourth-order valence-electron chi connectivity index (χ4n) is 4.64. The van der Waals surface area contributed by atoms with E-state index in [-0.39, 0.29) is 17.5 Å². The van der Waals surface area contributed by atoms with Crippen LogP contribution in [0.1, 0.15) is 67.2 Å². The molecule has 7 heteroatoms. The number of anilines is 1. The lowest BCUT2D eigenvalue weighted by molar-refractivity contribution is 0.0910. The average molecular weight is 390 g/mol. The fourth-order valence-corrected chi connectivity index (χ4v) is 4.64. The summed E-state index contributed by atoms with van der Waals surface area (Å²) in [5, 5.41) is 7.50. The van der Waals surface area contributed by atoms with E-state index in [2.05, 4.69) is 35.2 Å². The Bertz CT molecular complexity index is 1070. The van der Waals surface area contributed by atoms with Gasteiger partial charge < -0.3 is 10.2 Å². The summed E-state index contributed by atoms with van der Waals surface area (Å²) in [6.07, 6.45) is 10.4. The van der Waals surface area contributed by atoms with Gasteiger partial charge in [0.2, 0.25) is 0 Å². The van der Waals surface area contributed by atoms with Gasteiger partial charge in [0.1, 0.15) is 11.4 Å². The second-order valence-corrected chi connectivity index (χ2v) is 8.69. The van der Waals surface area contributed by atoms with E-state index in [9.17, 15) is 4.79 Å². The van der Waals surface area contributed by atoms with Gasteiger partial charge in [0.25, 0.3) is 5.91 Å². The van der Waals surface area contributed by atoms with Crippen LogP contribution in [0.2, 0.25) is 0 Å². The number of fused-ring (bicyclic) bond motifs is 5. The zero-order valence-corrected chi connectivity index (χ0v) is 16.9. The molecule has 1 saturated heterocycles. The summed E-state index contributed by atoms with van der Waals surface area (Å²) in [7, 11) is 0. The monoisotopic (exact) mass is 390 g/mol. The van der Waals surface area contributed by atoms with Gasteiger partial charge in [-0.3, -0.25) is 9.78 Å². The summed E-state index contributed by atoms with van der Waals surface area (Å²) in [5.74, 6) is 0.767. The van der Waals surface area contributed by atoms with Crippen molar-refractivity contribution in [3.63, 3.8) is 0 Å². The Hall–Kier alpha value is -2.96. The van der Waals surface area contributed by atoms with Crippen LogP contribution in [-0.2, 0) is 6.42 Å². The molecule has 2 aliphatic rings. The van der Waals surface area contributed by atoms with Crippen LogP contribution < -0.4 is 10.2 Å². The van der Waals surface area contributed by atoms with Crippen molar-refractivity contribution in [3.8, 4) is 0 Å². The molecule has 0 aliphatic carbocycles. The van der Waals surface area contributed by atoms with E-state index in [4.69, 9.17) is 9.97 Å². The van der Waals surface area contributed by atoms with Gasteiger partial charge in [-0.05, 0) is 63.6 Å². The molecule has 0 spiro atoms. The quantitative estimate of drug-likeness (QED) is 0.637. The first-order valence-corrected chi connectivity index (χ1v) is 10.4. The van der Waals surface area contributed by atoms with Crippen molar-refractivity contribution in [2.24, 2.45) is 0 Å². The molecular weight excluding hydrogens is 364 g/mol. The van der Waals surface area contributed by atoms with Crippen LogP contribution in [0.4, 0.5) is 5.82 Å². The molecule has 2 aliphatic heterocycles. The summed E-state index contributed by atoms with van der Waals surface area (Å²) < 4.78 is 1.68. The van der Waals surface area contributed by atoms with E-state index in [1.54, 1.807) is 10.7 Å². The van der Waals surface area contributed by atoms with Crippen molar-refractivity contribution in [3.05, 3.63) is 53.6 Å². The number of hydrogen-bond donors (Lipinski definition) is 1. The van der Waals surface area contributed by atoms with Crippen LogP contribution in [0.15, 0.2) is 36.8 Å². The van der Waals surface area contributed by atoms with Crippen LogP contribution in [0, 0.1) is 0 Å². The van der Waals surface area contributed by atoms with Crippen molar-refractivity contribution >= 4 is 17.4 Å². The predicted molar refractivity (Wildman–Crippen MR) is 111 cm³/mol. The number of amides is 1. The summed E-state index contributed by atoms with van der Waals surface area (Å²) in [4.78, 5) is 24.9. The number of nitrogens with one attached hydrogen (secondary N) is 1. The molecule has 2 bridgehead atoms.